The molecule has 0 bridgehead atoms. The summed E-state index contributed by atoms with van der Waals surface area (Å²) in [6.45, 7) is 13.6. The Labute approximate surface area is 227 Å². The van der Waals surface area contributed by atoms with Crippen LogP contribution >= 0.6 is 11.6 Å². The molecule has 1 heterocycles. The summed E-state index contributed by atoms with van der Waals surface area (Å²) >= 11 is 6.46. The van der Waals surface area contributed by atoms with Crippen molar-refractivity contribution in [3.63, 3.8) is 0 Å². The van der Waals surface area contributed by atoms with Crippen LogP contribution in [0, 0.1) is 5.41 Å². The third-order valence-electron chi connectivity index (χ3n) is 7.91. The second kappa shape index (κ2) is 10.1. The van der Waals surface area contributed by atoms with Crippen molar-refractivity contribution < 1.29 is 38.0 Å². The largest absolute Gasteiger partial charge is 1.00 e. The number of hydrogen-bond acceptors (Lipinski definition) is 3. The third-order valence-corrected chi connectivity index (χ3v) is 8.15. The molecule has 0 radical (unpaired) electrons. The average Bonchev–Trinajstić information content (AvgIpc) is 3.12. The molecule has 1 aliphatic carbocycles. The topological polar surface area (TPSA) is 29.5 Å². The van der Waals surface area contributed by atoms with Gasteiger partial charge in [-0.3, -0.25) is 14.2 Å². The zero-order valence-electron chi connectivity index (χ0n) is 21.3. The van der Waals surface area contributed by atoms with Gasteiger partial charge in [-0.2, -0.15) is 0 Å². The van der Waals surface area contributed by atoms with Crippen molar-refractivity contribution in [1.82, 2.24) is 4.90 Å². The lowest BCUT2D eigenvalue weighted by Gasteiger charge is -2.54. The second-order valence-corrected chi connectivity index (χ2v) is 12.1. The molecule has 4 nitrogen and oxygen atoms in total. The first-order chi connectivity index (χ1) is 15.4. The van der Waals surface area contributed by atoms with Crippen LogP contribution in [0.15, 0.2) is 48.5 Å². The van der Waals surface area contributed by atoms with Gasteiger partial charge in [0.2, 0.25) is 6.73 Å². The standard InChI is InChI=1S/C28H38ClN2O2.HI/c1-27(2,3)26(32)33-19-31(6)15-14-30(18-28(31,4)5)25-17-23(20-10-8-7-9-11-20)22-13-12-21(29)16-24(22)25;/h7-13,16,23,25H,14-15,17-19H2,1-6H3;1H/q+1;/p-1/t23-,25+,31+;/m0./s1. The van der Waals surface area contributed by atoms with Gasteiger partial charge < -0.3 is 28.7 Å². The van der Waals surface area contributed by atoms with Crippen LogP contribution in [0.5, 0.6) is 0 Å². The van der Waals surface area contributed by atoms with Crippen molar-refractivity contribution >= 4 is 17.6 Å². The number of rotatable bonds is 4. The number of carbonyl (C=O) groups excluding carboxylic acids is 1. The highest BCUT2D eigenvalue weighted by molar-refractivity contribution is 6.30. The van der Waals surface area contributed by atoms with Crippen LogP contribution in [-0.4, -0.2) is 54.3 Å². The Kier molecular flexibility index (Phi) is 8.13. The number of carbonyl (C=O) groups is 1. The Morgan fingerprint density at radius 1 is 1.15 bits per heavy atom. The SMILES string of the molecule is CC(C)(C)C(=O)OC[N@@+]1(C)CCN([C@@H]2C[C@@H](c3ccccc3)c3ccc(Cl)cc32)CC1(C)C.[I-]. The molecule has 0 N–H and O–H groups in total. The maximum Gasteiger partial charge on any atom is 0.315 e. The van der Waals surface area contributed by atoms with Crippen molar-refractivity contribution in [2.75, 3.05) is 33.4 Å². The number of likely N-dealkylation sites (N-methyl/N-ethyl adjacent to an activating group) is 1. The summed E-state index contributed by atoms with van der Waals surface area (Å²) < 4.78 is 6.51. The van der Waals surface area contributed by atoms with E-state index in [2.05, 4.69) is 68.3 Å². The van der Waals surface area contributed by atoms with Crippen LogP contribution < -0.4 is 24.0 Å². The lowest BCUT2D eigenvalue weighted by atomic mass is 9.92. The molecular formula is C28H38ClIN2O2. The number of piperazine rings is 1. The highest BCUT2D eigenvalue weighted by Gasteiger charge is 2.49. The first-order valence-electron chi connectivity index (χ1n) is 12.0. The van der Waals surface area contributed by atoms with E-state index >= 15 is 0 Å². The fourth-order valence-electron chi connectivity index (χ4n) is 5.30. The summed E-state index contributed by atoms with van der Waals surface area (Å²) in [6, 6.07) is 17.6. The van der Waals surface area contributed by atoms with Gasteiger partial charge >= 0.3 is 5.97 Å². The predicted molar refractivity (Wildman–Crippen MR) is 134 cm³/mol. The van der Waals surface area contributed by atoms with Crippen LogP contribution in [0.1, 0.15) is 69.7 Å². The van der Waals surface area contributed by atoms with E-state index in [4.69, 9.17) is 16.3 Å². The number of quaternary nitrogens is 1. The fraction of sp³-hybridized carbons (Fsp3) is 0.536. The smallest absolute Gasteiger partial charge is 0.315 e. The molecule has 2 aromatic rings. The number of esters is 1. The number of benzene rings is 2. The lowest BCUT2D eigenvalue weighted by molar-refractivity contribution is -0.974. The summed E-state index contributed by atoms with van der Waals surface area (Å²) in [5.41, 5.74) is 3.59. The molecule has 4 rings (SSSR count). The molecule has 0 saturated carbocycles. The maximum atomic E-state index is 12.4. The van der Waals surface area contributed by atoms with Gasteiger partial charge in [0.05, 0.1) is 25.6 Å². The molecule has 0 unspecified atom stereocenters. The van der Waals surface area contributed by atoms with E-state index in [1.807, 2.05) is 26.8 Å². The number of fused-ring (bicyclic) bond motifs is 1. The van der Waals surface area contributed by atoms with Gasteiger partial charge in [-0.05, 0) is 69.9 Å². The third kappa shape index (κ3) is 5.32. The zero-order valence-corrected chi connectivity index (χ0v) is 24.2. The quantitative estimate of drug-likeness (QED) is 0.309. The minimum Gasteiger partial charge on any atom is -1.00 e. The van der Waals surface area contributed by atoms with Crippen molar-refractivity contribution in [2.24, 2.45) is 5.41 Å². The Balaban J connectivity index is 0.00000324. The minimum absolute atomic E-state index is 0. The van der Waals surface area contributed by atoms with Crippen LogP contribution in [-0.2, 0) is 9.53 Å². The summed E-state index contributed by atoms with van der Waals surface area (Å²) in [6.07, 6.45) is 1.07. The monoisotopic (exact) mass is 596 g/mol. The highest BCUT2D eigenvalue weighted by atomic mass is 127. The van der Waals surface area contributed by atoms with Gasteiger partial charge in [-0.25, -0.2) is 0 Å². The Morgan fingerprint density at radius 2 is 1.82 bits per heavy atom. The molecule has 1 saturated heterocycles. The van der Waals surface area contributed by atoms with Gasteiger partial charge in [0.25, 0.3) is 0 Å². The van der Waals surface area contributed by atoms with Crippen LogP contribution in [0.4, 0.5) is 0 Å². The average molecular weight is 597 g/mol. The van der Waals surface area contributed by atoms with Gasteiger partial charge in [0.15, 0.2) is 0 Å². The van der Waals surface area contributed by atoms with E-state index in [0.717, 1.165) is 35.6 Å². The Morgan fingerprint density at radius 3 is 2.44 bits per heavy atom. The van der Waals surface area contributed by atoms with E-state index in [0.29, 0.717) is 18.7 Å². The molecule has 34 heavy (non-hydrogen) atoms. The lowest BCUT2D eigenvalue weighted by Crippen LogP contribution is -3.00. The van der Waals surface area contributed by atoms with Crippen molar-refractivity contribution in [1.29, 1.82) is 0 Å². The van der Waals surface area contributed by atoms with Crippen LogP contribution in [0.2, 0.25) is 5.02 Å². The van der Waals surface area contributed by atoms with Crippen LogP contribution in [0.3, 0.4) is 0 Å². The Hall–Kier alpha value is -1.15. The summed E-state index contributed by atoms with van der Waals surface area (Å²) in [4.78, 5) is 15.0. The number of halogens is 2. The van der Waals surface area contributed by atoms with Gasteiger partial charge in [-0.15, -0.1) is 0 Å². The number of nitrogens with zero attached hydrogens (tertiary/aromatic N) is 2. The van der Waals surface area contributed by atoms with E-state index < -0.39 is 5.41 Å². The van der Waals surface area contributed by atoms with Crippen molar-refractivity contribution in [3.8, 4) is 0 Å². The molecule has 0 spiro atoms. The molecule has 186 valence electrons. The van der Waals surface area contributed by atoms with Crippen molar-refractivity contribution in [3.05, 3.63) is 70.2 Å². The first-order valence-corrected chi connectivity index (χ1v) is 12.4. The predicted octanol–water partition coefficient (Wildman–Crippen LogP) is 3.01. The Bertz CT molecular complexity index is 1020. The van der Waals surface area contributed by atoms with Gasteiger partial charge in [-0.1, -0.05) is 48.0 Å². The maximum absolute atomic E-state index is 12.4. The van der Waals surface area contributed by atoms with Gasteiger partial charge in [0, 0.05) is 23.5 Å². The normalized spacial score (nSPS) is 26.4. The van der Waals surface area contributed by atoms with E-state index in [1.165, 1.54) is 16.7 Å². The summed E-state index contributed by atoms with van der Waals surface area (Å²) in [7, 11) is 2.22. The minimum atomic E-state index is -0.482. The molecule has 2 aliphatic rings. The molecule has 2 aromatic carbocycles. The van der Waals surface area contributed by atoms with Gasteiger partial charge in [0.1, 0.15) is 5.54 Å². The van der Waals surface area contributed by atoms with E-state index in [-0.39, 0.29) is 35.5 Å². The number of hydrogen-bond donors (Lipinski definition) is 0. The fourth-order valence-corrected chi connectivity index (χ4v) is 5.48. The highest BCUT2D eigenvalue weighted by Crippen LogP contribution is 2.48. The molecule has 6 heteroatoms. The van der Waals surface area contributed by atoms with E-state index in [1.54, 1.807) is 0 Å². The first kappa shape index (κ1) is 27.4. The molecule has 1 fully saturated rings. The molecular weight excluding hydrogens is 559 g/mol. The van der Waals surface area contributed by atoms with Crippen LogP contribution in [0.25, 0.3) is 0 Å². The molecule has 3 atom stereocenters. The molecule has 1 aliphatic heterocycles. The molecule has 0 amide bonds. The second-order valence-electron chi connectivity index (χ2n) is 11.7. The van der Waals surface area contributed by atoms with E-state index in [9.17, 15) is 4.79 Å². The summed E-state index contributed by atoms with van der Waals surface area (Å²) in [5, 5.41) is 0.804. The van der Waals surface area contributed by atoms with Crippen molar-refractivity contribution in [2.45, 2.75) is 58.5 Å². The summed E-state index contributed by atoms with van der Waals surface area (Å²) in [5.74, 6) is 0.257. The zero-order chi connectivity index (χ0) is 24.0. The molecule has 0 aromatic heterocycles. The number of ether oxygens (including phenoxy) is 1.